The monoisotopic (exact) mass is 243 g/mol. The highest BCUT2D eigenvalue weighted by Crippen LogP contribution is 2.23. The van der Waals surface area contributed by atoms with E-state index in [-0.39, 0.29) is 10.9 Å². The van der Waals surface area contributed by atoms with Crippen molar-refractivity contribution in [3.05, 3.63) is 27.1 Å². The Balaban J connectivity index is 2.68. The molecular formula is C9H13N3O3S. The molecule has 1 aromatic rings. The first-order chi connectivity index (χ1) is 7.56. The van der Waals surface area contributed by atoms with Gasteiger partial charge in [-0.05, 0) is 7.05 Å². The molecule has 88 valence electrons. The van der Waals surface area contributed by atoms with Crippen LogP contribution in [0.25, 0.3) is 0 Å². The predicted octanol–water partition coefficient (Wildman–Crippen LogP) is 0.948. The van der Waals surface area contributed by atoms with E-state index in [0.29, 0.717) is 18.7 Å². The number of thiophene rings is 1. The van der Waals surface area contributed by atoms with Crippen LogP contribution >= 0.6 is 11.3 Å². The second kappa shape index (κ2) is 5.57. The van der Waals surface area contributed by atoms with E-state index in [9.17, 15) is 14.9 Å². The van der Waals surface area contributed by atoms with E-state index in [1.54, 1.807) is 14.1 Å². The second-order valence-corrected chi connectivity index (χ2v) is 4.15. The number of likely N-dealkylation sites (N-methyl/N-ethyl adjacent to an activating group) is 2. The molecule has 0 radical (unpaired) electrons. The summed E-state index contributed by atoms with van der Waals surface area (Å²) in [4.78, 5) is 23.3. The van der Waals surface area contributed by atoms with Crippen molar-refractivity contribution >= 4 is 22.2 Å². The first-order valence-electron chi connectivity index (χ1n) is 4.69. The van der Waals surface area contributed by atoms with Crippen LogP contribution in [-0.4, -0.2) is 42.9 Å². The van der Waals surface area contributed by atoms with Gasteiger partial charge in [-0.15, -0.1) is 0 Å². The summed E-state index contributed by atoms with van der Waals surface area (Å²) in [6.07, 6.45) is 0. The summed E-state index contributed by atoms with van der Waals surface area (Å²) < 4.78 is 0. The minimum Gasteiger partial charge on any atom is -0.340 e. The smallest absolute Gasteiger partial charge is 0.324 e. The molecule has 0 atom stereocenters. The van der Waals surface area contributed by atoms with Crippen LogP contribution in [0.3, 0.4) is 0 Å². The molecule has 6 nitrogen and oxygen atoms in total. The van der Waals surface area contributed by atoms with Crippen molar-refractivity contribution in [3.8, 4) is 0 Å². The van der Waals surface area contributed by atoms with Crippen LogP contribution in [0.4, 0.5) is 5.00 Å². The van der Waals surface area contributed by atoms with E-state index < -0.39 is 4.92 Å². The summed E-state index contributed by atoms with van der Waals surface area (Å²) in [5.74, 6) is -0.195. The van der Waals surface area contributed by atoms with Crippen molar-refractivity contribution < 1.29 is 9.72 Å². The number of hydrogen-bond donors (Lipinski definition) is 1. The fourth-order valence-electron chi connectivity index (χ4n) is 1.13. The Morgan fingerprint density at radius 1 is 1.69 bits per heavy atom. The van der Waals surface area contributed by atoms with Crippen LogP contribution in [0.15, 0.2) is 11.4 Å². The molecule has 16 heavy (non-hydrogen) atoms. The number of rotatable bonds is 5. The fraction of sp³-hybridized carbons (Fsp3) is 0.444. The summed E-state index contributed by atoms with van der Waals surface area (Å²) >= 11 is 0.965. The summed E-state index contributed by atoms with van der Waals surface area (Å²) in [6, 6.07) is 1.31. The Morgan fingerprint density at radius 3 is 2.88 bits per heavy atom. The lowest BCUT2D eigenvalue weighted by Crippen LogP contribution is -2.32. The minimum atomic E-state index is -0.491. The molecule has 1 heterocycles. The van der Waals surface area contributed by atoms with Gasteiger partial charge in [-0.3, -0.25) is 14.9 Å². The number of nitro groups is 1. The van der Waals surface area contributed by atoms with E-state index in [4.69, 9.17) is 0 Å². The number of carbonyl (C=O) groups excluding carboxylic acids is 1. The largest absolute Gasteiger partial charge is 0.340 e. The van der Waals surface area contributed by atoms with Gasteiger partial charge in [0.05, 0.1) is 10.5 Å². The third kappa shape index (κ3) is 3.01. The van der Waals surface area contributed by atoms with Gasteiger partial charge in [0.2, 0.25) is 0 Å². The molecule has 0 saturated carbocycles. The number of hydrogen-bond acceptors (Lipinski definition) is 5. The number of nitrogens with one attached hydrogen (secondary N) is 1. The van der Waals surface area contributed by atoms with Gasteiger partial charge in [0.15, 0.2) is 0 Å². The molecule has 0 aliphatic rings. The lowest BCUT2D eigenvalue weighted by Gasteiger charge is -2.15. The first kappa shape index (κ1) is 12.6. The van der Waals surface area contributed by atoms with Crippen LogP contribution in [0.2, 0.25) is 0 Å². The molecule has 1 amide bonds. The molecule has 0 fully saturated rings. The fourth-order valence-corrected chi connectivity index (χ4v) is 1.83. The van der Waals surface area contributed by atoms with Crippen LogP contribution in [0.1, 0.15) is 10.4 Å². The molecule has 1 N–H and O–H groups in total. The Kier molecular flexibility index (Phi) is 4.39. The number of carbonyl (C=O) groups is 1. The summed E-state index contributed by atoms with van der Waals surface area (Å²) in [6.45, 7) is 1.26. The quantitative estimate of drug-likeness (QED) is 0.617. The molecule has 1 aromatic heterocycles. The van der Waals surface area contributed by atoms with E-state index in [2.05, 4.69) is 5.32 Å². The normalized spacial score (nSPS) is 10.1. The van der Waals surface area contributed by atoms with Gasteiger partial charge in [-0.1, -0.05) is 11.3 Å². The molecule has 0 aliphatic heterocycles. The average molecular weight is 243 g/mol. The molecule has 0 unspecified atom stereocenters. The van der Waals surface area contributed by atoms with Gasteiger partial charge in [0, 0.05) is 31.6 Å². The molecule has 1 rings (SSSR count). The molecule has 0 bridgehead atoms. The molecular weight excluding hydrogens is 230 g/mol. The molecule has 0 saturated heterocycles. The van der Waals surface area contributed by atoms with Gasteiger partial charge in [-0.25, -0.2) is 0 Å². The Hall–Kier alpha value is -1.47. The maximum absolute atomic E-state index is 11.8. The van der Waals surface area contributed by atoms with Crippen molar-refractivity contribution in [2.75, 3.05) is 27.2 Å². The third-order valence-electron chi connectivity index (χ3n) is 2.06. The lowest BCUT2D eigenvalue weighted by atomic mass is 10.3. The third-order valence-corrected chi connectivity index (χ3v) is 2.94. The number of nitrogens with zero attached hydrogens (tertiary/aromatic N) is 2. The zero-order valence-corrected chi connectivity index (χ0v) is 9.91. The summed E-state index contributed by atoms with van der Waals surface area (Å²) in [7, 11) is 3.47. The lowest BCUT2D eigenvalue weighted by molar-refractivity contribution is -0.380. The Morgan fingerprint density at radius 2 is 2.38 bits per heavy atom. The maximum Gasteiger partial charge on any atom is 0.324 e. The van der Waals surface area contributed by atoms with E-state index >= 15 is 0 Å². The predicted molar refractivity (Wildman–Crippen MR) is 61.9 cm³/mol. The number of amides is 1. The standard InChI is InChI=1S/C9H13N3O3S/c1-10-3-4-11(2)9(13)7-5-8(12(14)15)16-6-7/h5-6,10H,3-4H2,1-2H3. The van der Waals surface area contributed by atoms with Gasteiger partial charge >= 0.3 is 5.00 Å². The minimum absolute atomic E-state index is 0.00892. The van der Waals surface area contributed by atoms with Crippen molar-refractivity contribution in [1.82, 2.24) is 10.2 Å². The summed E-state index contributed by atoms with van der Waals surface area (Å²) in [5, 5.41) is 14.9. The molecule has 0 aliphatic carbocycles. The Labute approximate surface area is 97.0 Å². The molecule has 0 spiro atoms. The van der Waals surface area contributed by atoms with Crippen LogP contribution in [-0.2, 0) is 0 Å². The second-order valence-electron chi connectivity index (χ2n) is 3.26. The van der Waals surface area contributed by atoms with Crippen molar-refractivity contribution in [1.29, 1.82) is 0 Å². The highest BCUT2D eigenvalue weighted by atomic mass is 32.1. The van der Waals surface area contributed by atoms with Crippen LogP contribution in [0, 0.1) is 10.1 Å². The zero-order chi connectivity index (χ0) is 12.1. The molecule has 0 aromatic carbocycles. The van der Waals surface area contributed by atoms with Gasteiger partial charge in [-0.2, -0.15) is 0 Å². The first-order valence-corrected chi connectivity index (χ1v) is 5.57. The Bertz CT molecular complexity index is 391. The van der Waals surface area contributed by atoms with Gasteiger partial charge in [0.1, 0.15) is 0 Å². The van der Waals surface area contributed by atoms with E-state index in [0.717, 1.165) is 11.3 Å². The highest BCUT2D eigenvalue weighted by molar-refractivity contribution is 7.13. The van der Waals surface area contributed by atoms with Crippen molar-refractivity contribution in [3.63, 3.8) is 0 Å². The van der Waals surface area contributed by atoms with Crippen molar-refractivity contribution in [2.24, 2.45) is 0 Å². The highest BCUT2D eigenvalue weighted by Gasteiger charge is 2.17. The average Bonchev–Trinajstić information content (AvgIpc) is 2.74. The van der Waals surface area contributed by atoms with E-state index in [1.807, 2.05) is 0 Å². The van der Waals surface area contributed by atoms with Crippen LogP contribution < -0.4 is 5.32 Å². The SMILES string of the molecule is CNCCN(C)C(=O)c1csc([N+](=O)[O-])c1. The van der Waals surface area contributed by atoms with Gasteiger partial charge < -0.3 is 10.2 Å². The van der Waals surface area contributed by atoms with Gasteiger partial charge in [0.25, 0.3) is 5.91 Å². The molecule has 7 heteroatoms. The van der Waals surface area contributed by atoms with Crippen LogP contribution in [0.5, 0.6) is 0 Å². The maximum atomic E-state index is 11.8. The topological polar surface area (TPSA) is 75.5 Å². The van der Waals surface area contributed by atoms with Crippen molar-refractivity contribution in [2.45, 2.75) is 0 Å². The van der Waals surface area contributed by atoms with E-state index in [1.165, 1.54) is 16.3 Å². The summed E-state index contributed by atoms with van der Waals surface area (Å²) in [5.41, 5.74) is 0.371. The zero-order valence-electron chi connectivity index (χ0n) is 9.10.